The number of carboxylic acids is 1. The van der Waals surface area contributed by atoms with Gasteiger partial charge in [0.2, 0.25) is 0 Å². The molecule has 0 spiro atoms. The second-order valence-corrected chi connectivity index (χ2v) is 7.07. The molecule has 2 unspecified atom stereocenters. The summed E-state index contributed by atoms with van der Waals surface area (Å²) < 4.78 is 0. The molecule has 1 heterocycles. The van der Waals surface area contributed by atoms with Gasteiger partial charge in [0.05, 0.1) is 0 Å². The highest BCUT2D eigenvalue weighted by Crippen LogP contribution is 2.33. The molecule has 1 saturated heterocycles. The second kappa shape index (κ2) is 8.49. The van der Waals surface area contributed by atoms with Gasteiger partial charge in [0.25, 0.3) is 0 Å². The number of nitrogens with zero attached hydrogens (tertiary/aromatic N) is 1. The van der Waals surface area contributed by atoms with Gasteiger partial charge in [0.15, 0.2) is 0 Å². The molecule has 1 fully saturated rings. The van der Waals surface area contributed by atoms with Crippen molar-refractivity contribution in [2.24, 2.45) is 0 Å². The second-order valence-electron chi connectivity index (χ2n) is 7.07. The zero-order valence-electron chi connectivity index (χ0n) is 14.8. The lowest BCUT2D eigenvalue weighted by atomic mass is 9.92. The minimum atomic E-state index is -0.662. The normalized spacial score (nSPS) is 20.6. The average Bonchev–Trinajstić information content (AvgIpc) is 2.56. The fourth-order valence-electron chi connectivity index (χ4n) is 3.62. The molecule has 1 aromatic carbocycles. The van der Waals surface area contributed by atoms with Crippen LogP contribution in [0.3, 0.4) is 0 Å². The Labute approximate surface area is 140 Å². The van der Waals surface area contributed by atoms with Crippen molar-refractivity contribution in [1.82, 2.24) is 4.90 Å². The van der Waals surface area contributed by atoms with E-state index in [1.807, 2.05) is 0 Å². The van der Waals surface area contributed by atoms with E-state index in [1.54, 1.807) is 0 Å². The van der Waals surface area contributed by atoms with Crippen molar-refractivity contribution in [2.75, 3.05) is 6.54 Å². The molecule has 0 saturated carbocycles. The first-order chi connectivity index (χ1) is 11.0. The minimum absolute atomic E-state index is 0.234. The summed E-state index contributed by atoms with van der Waals surface area (Å²) in [5.74, 6) is -0.134. The number of aliphatic carboxylic acids is 1. The van der Waals surface area contributed by atoms with E-state index in [0.717, 1.165) is 45.1 Å². The third-order valence-electron chi connectivity index (χ3n) is 5.05. The van der Waals surface area contributed by atoms with Crippen LogP contribution in [0.25, 0.3) is 0 Å². The van der Waals surface area contributed by atoms with Crippen LogP contribution < -0.4 is 0 Å². The smallest absolute Gasteiger partial charge is 0.320 e. The molecule has 2 rings (SSSR count). The number of piperidine rings is 1. The molecule has 3 nitrogen and oxygen atoms in total. The summed E-state index contributed by atoms with van der Waals surface area (Å²) in [5.41, 5.74) is 2.62. The van der Waals surface area contributed by atoms with E-state index in [1.165, 1.54) is 11.1 Å². The van der Waals surface area contributed by atoms with E-state index >= 15 is 0 Å². The van der Waals surface area contributed by atoms with Crippen LogP contribution in [0.1, 0.15) is 82.4 Å². The standard InChI is InChI=1S/C20H31NO2/c1-4-5-8-18(17-12-10-16(11-13-17)15(2)3)21-14-7-6-9-19(21)20(22)23/h10-13,15,18-19H,4-9,14H2,1-3H3,(H,22,23). The van der Waals surface area contributed by atoms with Crippen molar-refractivity contribution in [3.8, 4) is 0 Å². The molecule has 0 radical (unpaired) electrons. The molecule has 128 valence electrons. The van der Waals surface area contributed by atoms with Crippen LogP contribution in [0, 0.1) is 0 Å². The molecule has 1 aliphatic heterocycles. The summed E-state index contributed by atoms with van der Waals surface area (Å²) in [5, 5.41) is 9.61. The van der Waals surface area contributed by atoms with E-state index in [2.05, 4.69) is 49.9 Å². The number of likely N-dealkylation sites (tertiary alicyclic amines) is 1. The summed E-state index contributed by atoms with van der Waals surface area (Å²) >= 11 is 0. The van der Waals surface area contributed by atoms with Crippen LogP contribution >= 0.6 is 0 Å². The van der Waals surface area contributed by atoms with Crippen LogP contribution in [-0.4, -0.2) is 28.6 Å². The summed E-state index contributed by atoms with van der Waals surface area (Å²) in [6.45, 7) is 7.50. The first-order valence-corrected chi connectivity index (χ1v) is 9.13. The first-order valence-electron chi connectivity index (χ1n) is 9.13. The SMILES string of the molecule is CCCCC(c1ccc(C(C)C)cc1)N1CCCCC1C(=O)O. The Morgan fingerprint density at radius 1 is 1.22 bits per heavy atom. The van der Waals surface area contributed by atoms with Crippen molar-refractivity contribution in [1.29, 1.82) is 0 Å². The van der Waals surface area contributed by atoms with Gasteiger partial charge in [0, 0.05) is 6.04 Å². The van der Waals surface area contributed by atoms with Crippen molar-refractivity contribution in [3.63, 3.8) is 0 Å². The van der Waals surface area contributed by atoms with Gasteiger partial charge in [-0.05, 0) is 42.9 Å². The van der Waals surface area contributed by atoms with Crippen LogP contribution in [0.5, 0.6) is 0 Å². The Bertz CT molecular complexity index is 495. The molecular weight excluding hydrogens is 286 g/mol. The predicted molar refractivity (Wildman–Crippen MR) is 94.8 cm³/mol. The lowest BCUT2D eigenvalue weighted by Crippen LogP contribution is -2.46. The van der Waals surface area contributed by atoms with Gasteiger partial charge < -0.3 is 5.11 Å². The maximum atomic E-state index is 11.7. The molecule has 0 aromatic heterocycles. The fraction of sp³-hybridized carbons (Fsp3) is 0.650. The predicted octanol–water partition coefficient (Wildman–Crippen LogP) is 4.98. The minimum Gasteiger partial charge on any atom is -0.480 e. The van der Waals surface area contributed by atoms with Crippen molar-refractivity contribution in [2.45, 2.75) is 77.3 Å². The quantitative estimate of drug-likeness (QED) is 0.771. The van der Waals surface area contributed by atoms with E-state index < -0.39 is 5.97 Å². The first kappa shape index (κ1) is 18.0. The monoisotopic (exact) mass is 317 g/mol. The zero-order chi connectivity index (χ0) is 16.8. The van der Waals surface area contributed by atoms with Crippen molar-refractivity contribution >= 4 is 5.97 Å². The molecular formula is C20H31NO2. The number of hydrogen-bond donors (Lipinski definition) is 1. The molecule has 0 amide bonds. The molecule has 2 atom stereocenters. The number of rotatable bonds is 7. The summed E-state index contributed by atoms with van der Waals surface area (Å²) in [6, 6.07) is 8.75. The van der Waals surface area contributed by atoms with Crippen LogP contribution in [0.15, 0.2) is 24.3 Å². The van der Waals surface area contributed by atoms with Gasteiger partial charge in [-0.1, -0.05) is 64.3 Å². The molecule has 1 aromatic rings. The largest absolute Gasteiger partial charge is 0.480 e. The van der Waals surface area contributed by atoms with Crippen LogP contribution in [0.2, 0.25) is 0 Å². The molecule has 0 bridgehead atoms. The van der Waals surface area contributed by atoms with E-state index in [9.17, 15) is 9.90 Å². The summed E-state index contributed by atoms with van der Waals surface area (Å²) in [7, 11) is 0. The average molecular weight is 317 g/mol. The molecule has 0 aliphatic carbocycles. The van der Waals surface area contributed by atoms with Crippen LogP contribution in [0.4, 0.5) is 0 Å². The van der Waals surface area contributed by atoms with Crippen LogP contribution in [-0.2, 0) is 4.79 Å². The van der Waals surface area contributed by atoms with Gasteiger partial charge in [-0.3, -0.25) is 9.69 Å². The van der Waals surface area contributed by atoms with Gasteiger partial charge in [-0.2, -0.15) is 0 Å². The zero-order valence-corrected chi connectivity index (χ0v) is 14.8. The fourth-order valence-corrected chi connectivity index (χ4v) is 3.62. The van der Waals surface area contributed by atoms with Crippen molar-refractivity contribution in [3.05, 3.63) is 35.4 Å². The molecule has 1 N–H and O–H groups in total. The van der Waals surface area contributed by atoms with Crippen molar-refractivity contribution < 1.29 is 9.90 Å². The topological polar surface area (TPSA) is 40.5 Å². The maximum absolute atomic E-state index is 11.7. The van der Waals surface area contributed by atoms with E-state index in [0.29, 0.717) is 5.92 Å². The number of hydrogen-bond acceptors (Lipinski definition) is 2. The lowest BCUT2D eigenvalue weighted by molar-refractivity contribution is -0.146. The number of unbranched alkanes of at least 4 members (excludes halogenated alkanes) is 1. The summed E-state index contributed by atoms with van der Waals surface area (Å²) in [4.78, 5) is 13.9. The van der Waals surface area contributed by atoms with E-state index in [-0.39, 0.29) is 12.1 Å². The van der Waals surface area contributed by atoms with Gasteiger partial charge in [0.1, 0.15) is 6.04 Å². The number of carboxylic acid groups (broad SMARTS) is 1. The van der Waals surface area contributed by atoms with Gasteiger partial charge in [-0.15, -0.1) is 0 Å². The Kier molecular flexibility index (Phi) is 6.64. The highest BCUT2D eigenvalue weighted by molar-refractivity contribution is 5.73. The highest BCUT2D eigenvalue weighted by Gasteiger charge is 2.33. The summed E-state index contributed by atoms with van der Waals surface area (Å²) in [6.07, 6.45) is 6.24. The molecule has 3 heteroatoms. The van der Waals surface area contributed by atoms with Gasteiger partial charge in [-0.25, -0.2) is 0 Å². The maximum Gasteiger partial charge on any atom is 0.320 e. The number of carbonyl (C=O) groups is 1. The third-order valence-corrected chi connectivity index (χ3v) is 5.05. The molecule has 23 heavy (non-hydrogen) atoms. The Balaban J connectivity index is 2.25. The van der Waals surface area contributed by atoms with E-state index in [4.69, 9.17) is 0 Å². The third kappa shape index (κ3) is 4.57. The Hall–Kier alpha value is -1.35. The Morgan fingerprint density at radius 3 is 2.43 bits per heavy atom. The molecule has 1 aliphatic rings. The lowest BCUT2D eigenvalue weighted by Gasteiger charge is -2.39. The van der Waals surface area contributed by atoms with Gasteiger partial charge >= 0.3 is 5.97 Å². The number of benzene rings is 1. The Morgan fingerprint density at radius 2 is 1.87 bits per heavy atom. The highest BCUT2D eigenvalue weighted by atomic mass is 16.4.